The summed E-state index contributed by atoms with van der Waals surface area (Å²) >= 11 is 0. The van der Waals surface area contributed by atoms with Crippen LogP contribution < -0.4 is 0 Å². The number of hydrogen-bond acceptors (Lipinski definition) is 4. The molecule has 0 spiro atoms. The van der Waals surface area contributed by atoms with Gasteiger partial charge in [-0.3, -0.25) is 9.59 Å². The second-order valence-corrected chi connectivity index (χ2v) is 5.04. The zero-order valence-electron chi connectivity index (χ0n) is 12.9. The van der Waals surface area contributed by atoms with Crippen LogP contribution in [0.15, 0.2) is 0 Å². The van der Waals surface area contributed by atoms with E-state index in [-0.39, 0.29) is 29.9 Å². The first-order valence-electron chi connectivity index (χ1n) is 7.33. The summed E-state index contributed by atoms with van der Waals surface area (Å²) in [7, 11) is 0. The zero-order chi connectivity index (χ0) is 14.8. The molecule has 0 amide bonds. The normalized spacial score (nSPS) is 15.4. The summed E-state index contributed by atoms with van der Waals surface area (Å²) in [5, 5.41) is 0. The molecular formula is C15H28O4. The van der Waals surface area contributed by atoms with E-state index in [2.05, 4.69) is 0 Å². The van der Waals surface area contributed by atoms with Gasteiger partial charge in [0.15, 0.2) is 0 Å². The molecule has 19 heavy (non-hydrogen) atoms. The lowest BCUT2D eigenvalue weighted by Gasteiger charge is -2.18. The van der Waals surface area contributed by atoms with Gasteiger partial charge in [-0.25, -0.2) is 0 Å². The van der Waals surface area contributed by atoms with Crippen molar-refractivity contribution < 1.29 is 19.1 Å². The van der Waals surface area contributed by atoms with Gasteiger partial charge in [0, 0.05) is 6.42 Å². The lowest BCUT2D eigenvalue weighted by atomic mass is 10.1. The van der Waals surface area contributed by atoms with Crippen molar-refractivity contribution in [3.8, 4) is 0 Å². The Kier molecular flexibility index (Phi) is 9.27. The van der Waals surface area contributed by atoms with Gasteiger partial charge in [-0.05, 0) is 19.3 Å². The SMILES string of the molecule is CC[C@H](CCOC(=O)[C@@H](C)CC)OC(=O)[C@H](C)CC. The predicted octanol–water partition coefficient (Wildman–Crippen LogP) is 3.33. The van der Waals surface area contributed by atoms with Crippen LogP contribution in [0.1, 0.15) is 60.3 Å². The van der Waals surface area contributed by atoms with Crippen molar-refractivity contribution in [3.63, 3.8) is 0 Å². The van der Waals surface area contributed by atoms with Gasteiger partial charge < -0.3 is 9.47 Å². The Morgan fingerprint density at radius 3 is 1.89 bits per heavy atom. The second kappa shape index (κ2) is 9.82. The van der Waals surface area contributed by atoms with E-state index >= 15 is 0 Å². The van der Waals surface area contributed by atoms with E-state index in [1.165, 1.54) is 0 Å². The monoisotopic (exact) mass is 272 g/mol. The fourth-order valence-corrected chi connectivity index (χ4v) is 1.39. The van der Waals surface area contributed by atoms with Gasteiger partial charge >= 0.3 is 11.9 Å². The molecule has 0 aliphatic rings. The van der Waals surface area contributed by atoms with Gasteiger partial charge in [0.2, 0.25) is 0 Å². The second-order valence-electron chi connectivity index (χ2n) is 5.04. The number of ether oxygens (including phenoxy) is 2. The highest BCUT2D eigenvalue weighted by atomic mass is 16.6. The van der Waals surface area contributed by atoms with Crippen LogP contribution in [0.4, 0.5) is 0 Å². The van der Waals surface area contributed by atoms with Crippen LogP contribution in [0, 0.1) is 11.8 Å². The first-order valence-corrected chi connectivity index (χ1v) is 7.33. The molecular weight excluding hydrogens is 244 g/mol. The van der Waals surface area contributed by atoms with Gasteiger partial charge in [0.1, 0.15) is 6.10 Å². The minimum absolute atomic E-state index is 0.0669. The molecule has 112 valence electrons. The standard InChI is InChI=1S/C15H28O4/c1-6-11(4)14(16)18-10-9-13(8-3)19-15(17)12(5)7-2/h11-13H,6-10H2,1-5H3/t11-,12+,13+/m0/s1. The minimum atomic E-state index is -0.175. The van der Waals surface area contributed by atoms with Crippen LogP contribution >= 0.6 is 0 Å². The Morgan fingerprint density at radius 1 is 0.895 bits per heavy atom. The molecule has 0 aromatic rings. The summed E-state index contributed by atoms with van der Waals surface area (Å²) in [5.41, 5.74) is 0. The van der Waals surface area contributed by atoms with E-state index in [4.69, 9.17) is 9.47 Å². The quantitative estimate of drug-likeness (QED) is 0.604. The third-order valence-electron chi connectivity index (χ3n) is 3.45. The van der Waals surface area contributed by atoms with Crippen LogP contribution in [-0.4, -0.2) is 24.6 Å². The third kappa shape index (κ3) is 7.19. The molecule has 0 unspecified atom stereocenters. The van der Waals surface area contributed by atoms with Crippen LogP contribution in [-0.2, 0) is 19.1 Å². The number of rotatable bonds is 9. The van der Waals surface area contributed by atoms with Crippen molar-refractivity contribution >= 4 is 11.9 Å². The summed E-state index contributed by atoms with van der Waals surface area (Å²) in [4.78, 5) is 23.2. The first kappa shape index (κ1) is 17.9. The topological polar surface area (TPSA) is 52.6 Å². The summed E-state index contributed by atoms with van der Waals surface area (Å²) in [6, 6.07) is 0. The molecule has 0 aromatic carbocycles. The molecule has 0 saturated carbocycles. The molecule has 0 fully saturated rings. The number of carbonyl (C=O) groups excluding carboxylic acids is 2. The van der Waals surface area contributed by atoms with Gasteiger partial charge in [-0.2, -0.15) is 0 Å². The molecule has 0 aliphatic heterocycles. The van der Waals surface area contributed by atoms with Crippen molar-refractivity contribution in [3.05, 3.63) is 0 Å². The maximum Gasteiger partial charge on any atom is 0.308 e. The predicted molar refractivity (Wildman–Crippen MR) is 74.7 cm³/mol. The first-order chi connectivity index (χ1) is 8.96. The van der Waals surface area contributed by atoms with E-state index in [9.17, 15) is 9.59 Å². The highest BCUT2D eigenvalue weighted by Gasteiger charge is 2.18. The minimum Gasteiger partial charge on any atom is -0.465 e. The van der Waals surface area contributed by atoms with E-state index in [0.717, 1.165) is 19.3 Å². The summed E-state index contributed by atoms with van der Waals surface area (Å²) < 4.78 is 10.6. The summed E-state index contributed by atoms with van der Waals surface area (Å²) in [6.07, 6.45) is 2.70. The summed E-state index contributed by atoms with van der Waals surface area (Å²) in [6.45, 7) is 9.90. The molecule has 0 bridgehead atoms. The van der Waals surface area contributed by atoms with Crippen LogP contribution in [0.3, 0.4) is 0 Å². The fourth-order valence-electron chi connectivity index (χ4n) is 1.39. The Morgan fingerprint density at radius 2 is 1.42 bits per heavy atom. The molecule has 0 radical (unpaired) electrons. The number of hydrogen-bond donors (Lipinski definition) is 0. The maximum absolute atomic E-state index is 11.7. The van der Waals surface area contributed by atoms with Crippen LogP contribution in [0.2, 0.25) is 0 Å². The number of carbonyl (C=O) groups is 2. The van der Waals surface area contributed by atoms with Gasteiger partial charge in [-0.1, -0.05) is 34.6 Å². The van der Waals surface area contributed by atoms with Crippen molar-refractivity contribution in [2.45, 2.75) is 66.4 Å². The largest absolute Gasteiger partial charge is 0.465 e. The van der Waals surface area contributed by atoms with E-state index in [1.807, 2.05) is 34.6 Å². The maximum atomic E-state index is 11.7. The molecule has 0 aromatic heterocycles. The Balaban J connectivity index is 4.01. The van der Waals surface area contributed by atoms with E-state index in [1.54, 1.807) is 0 Å². The molecule has 4 heteroatoms. The van der Waals surface area contributed by atoms with Gasteiger partial charge in [-0.15, -0.1) is 0 Å². The average molecular weight is 272 g/mol. The third-order valence-corrected chi connectivity index (χ3v) is 3.45. The van der Waals surface area contributed by atoms with Crippen molar-refractivity contribution in [1.82, 2.24) is 0 Å². The lowest BCUT2D eigenvalue weighted by molar-refractivity contribution is -0.156. The molecule has 4 nitrogen and oxygen atoms in total. The van der Waals surface area contributed by atoms with Crippen LogP contribution in [0.25, 0.3) is 0 Å². The average Bonchev–Trinajstić information content (AvgIpc) is 2.43. The highest BCUT2D eigenvalue weighted by Crippen LogP contribution is 2.11. The lowest BCUT2D eigenvalue weighted by Crippen LogP contribution is -2.24. The van der Waals surface area contributed by atoms with Crippen LogP contribution in [0.5, 0.6) is 0 Å². The molecule has 3 atom stereocenters. The van der Waals surface area contributed by atoms with E-state index in [0.29, 0.717) is 13.0 Å². The summed E-state index contributed by atoms with van der Waals surface area (Å²) in [5.74, 6) is -0.479. The van der Waals surface area contributed by atoms with Crippen molar-refractivity contribution in [1.29, 1.82) is 0 Å². The molecule has 0 N–H and O–H groups in total. The van der Waals surface area contributed by atoms with E-state index < -0.39 is 0 Å². The molecule has 0 heterocycles. The Hall–Kier alpha value is -1.06. The zero-order valence-corrected chi connectivity index (χ0v) is 12.9. The van der Waals surface area contributed by atoms with Crippen molar-refractivity contribution in [2.75, 3.05) is 6.61 Å². The Bertz CT molecular complexity index is 275. The van der Waals surface area contributed by atoms with Gasteiger partial charge in [0.05, 0.1) is 18.4 Å². The Labute approximate surface area is 116 Å². The van der Waals surface area contributed by atoms with Crippen molar-refractivity contribution in [2.24, 2.45) is 11.8 Å². The van der Waals surface area contributed by atoms with Gasteiger partial charge in [0.25, 0.3) is 0 Å². The highest BCUT2D eigenvalue weighted by molar-refractivity contribution is 5.72. The number of esters is 2. The molecule has 0 aliphatic carbocycles. The fraction of sp³-hybridized carbons (Fsp3) is 0.867. The molecule has 0 saturated heterocycles. The molecule has 0 rings (SSSR count). The smallest absolute Gasteiger partial charge is 0.308 e.